The molecule has 0 radical (unpaired) electrons. The van der Waals surface area contributed by atoms with E-state index in [4.69, 9.17) is 0 Å². The number of hydrogen-bond donors (Lipinski definition) is 0. The Morgan fingerprint density at radius 3 is 1.50 bits per heavy atom. The second-order valence-electron chi connectivity index (χ2n) is 1.11. The van der Waals surface area contributed by atoms with E-state index in [0.29, 0.717) is 0 Å². The Hall–Kier alpha value is 0.355. The van der Waals surface area contributed by atoms with Crippen molar-refractivity contribution in [3.63, 3.8) is 0 Å². The van der Waals surface area contributed by atoms with Crippen molar-refractivity contribution in [2.75, 3.05) is 0 Å². The topological polar surface area (TPSA) is 0 Å². The average molecular weight is 104 g/mol. The molecule has 0 heterocycles. The number of halogens is 1. The number of rotatable bonds is 2. The maximum absolute atomic E-state index is 2.25. The first-order valence-electron chi connectivity index (χ1n) is 2.23. The van der Waals surface area contributed by atoms with Crippen LogP contribution in [-0.2, 0) is 0 Å². The van der Waals surface area contributed by atoms with Crippen molar-refractivity contribution in [3.8, 4) is 0 Å². The summed E-state index contributed by atoms with van der Waals surface area (Å²) in [4.78, 5) is 0. The first-order chi connectivity index (χ1) is 2.41. The van der Waals surface area contributed by atoms with Gasteiger partial charge in [0.1, 0.15) is 0 Å². The first kappa shape index (κ1) is 9.61. The van der Waals surface area contributed by atoms with Crippen molar-refractivity contribution in [2.24, 2.45) is 0 Å². The first-order valence-corrected chi connectivity index (χ1v) is 2.23. The predicted octanol–water partition coefficient (Wildman–Crippen LogP) is -1.43. The molecular weight excluding hydrogens is 94.3 g/mol. The molecule has 0 amide bonds. The Kier molecular flexibility index (Phi) is 14.4. The van der Waals surface area contributed by atoms with Crippen molar-refractivity contribution in [1.82, 2.24) is 0 Å². The van der Waals surface area contributed by atoms with Gasteiger partial charge in [0.05, 0.1) is 0 Å². The molecule has 0 spiro atoms. The molecule has 0 rings (SSSR count). The smallest absolute Gasteiger partial charge is 1.00 e. The van der Waals surface area contributed by atoms with Crippen LogP contribution in [0.5, 0.6) is 0 Å². The molecule has 0 aromatic heterocycles. The van der Waals surface area contributed by atoms with Crippen LogP contribution in [0.1, 0.15) is 13.8 Å². The molecule has 0 aliphatic heterocycles. The van der Waals surface area contributed by atoms with E-state index in [2.05, 4.69) is 21.1 Å². The van der Waals surface area contributed by atoms with E-state index in [1.165, 1.54) is 12.6 Å². The van der Waals surface area contributed by atoms with Gasteiger partial charge < -0.3 is 12.4 Å². The Morgan fingerprint density at radius 1 is 1.17 bits per heavy atom. The zero-order valence-electron chi connectivity index (χ0n) is 4.37. The van der Waals surface area contributed by atoms with Crippen LogP contribution in [-0.4, -0.2) is 7.28 Å². The second-order valence-corrected chi connectivity index (χ2v) is 1.11. The molecule has 0 aromatic carbocycles. The largest absolute Gasteiger partial charge is 1.00 e. The van der Waals surface area contributed by atoms with E-state index in [-0.39, 0.29) is 12.4 Å². The van der Waals surface area contributed by atoms with Crippen molar-refractivity contribution >= 4 is 7.28 Å². The van der Waals surface area contributed by atoms with Gasteiger partial charge in [-0.2, -0.15) is 0 Å². The third-order valence-corrected chi connectivity index (χ3v) is 0.577. The zero-order chi connectivity index (χ0) is 4.12. The van der Waals surface area contributed by atoms with Gasteiger partial charge in [-0.15, -0.1) is 0 Å². The molecule has 0 aromatic rings. The van der Waals surface area contributed by atoms with Crippen LogP contribution < -0.4 is 12.4 Å². The molecule has 0 bridgehead atoms. The maximum atomic E-state index is 2.25. The van der Waals surface area contributed by atoms with Gasteiger partial charge in [0.15, 0.2) is 0 Å². The fourth-order valence-electron chi connectivity index (χ4n) is 0.289. The minimum atomic E-state index is 0. The predicted molar refractivity (Wildman–Crippen MR) is 26.7 cm³/mol. The van der Waals surface area contributed by atoms with E-state index >= 15 is 0 Å². The molecule has 0 fully saturated rings. The summed E-state index contributed by atoms with van der Waals surface area (Å²) in [6.07, 6.45) is 2.44. The maximum Gasteiger partial charge on any atom is -1.00 e. The van der Waals surface area contributed by atoms with Crippen LogP contribution in [0.4, 0.5) is 0 Å². The average Bonchev–Trinajstić information content (AvgIpc) is 1.41. The van der Waals surface area contributed by atoms with Crippen LogP contribution in [0, 0.1) is 0 Å². The minimum Gasteiger partial charge on any atom is -1.00 e. The van der Waals surface area contributed by atoms with E-state index < -0.39 is 0 Å². The van der Waals surface area contributed by atoms with Gasteiger partial charge in [-0.3, -0.25) is 0 Å². The normalized spacial score (nSPS) is 5.67. The van der Waals surface area contributed by atoms with Crippen molar-refractivity contribution in [1.29, 1.82) is 0 Å². The summed E-state index contributed by atoms with van der Waals surface area (Å²) in [6.45, 7) is 4.31. The Labute approximate surface area is 47.0 Å². The third kappa shape index (κ3) is 8.84. The summed E-state index contributed by atoms with van der Waals surface area (Å²) in [5, 5.41) is 0. The van der Waals surface area contributed by atoms with Gasteiger partial charge >= 0.3 is 33.8 Å². The van der Waals surface area contributed by atoms with Gasteiger partial charge in [0.2, 0.25) is 0 Å². The molecule has 2 heteroatoms. The summed E-state index contributed by atoms with van der Waals surface area (Å²) >= 11 is 0. The Morgan fingerprint density at radius 2 is 1.50 bits per heavy atom. The Balaban J connectivity index is 0. The van der Waals surface area contributed by atoms with Crippen LogP contribution >= 0.6 is 0 Å². The van der Waals surface area contributed by atoms with Gasteiger partial charge in [0.25, 0.3) is 0 Å². The molecule has 0 unspecified atom stereocenters. The fraction of sp³-hybridized carbons (Fsp3) is 1.00. The van der Waals surface area contributed by atoms with Gasteiger partial charge in [-0.1, -0.05) is 0 Å². The summed E-state index contributed by atoms with van der Waals surface area (Å²) in [5.74, 6) is 0. The third-order valence-electron chi connectivity index (χ3n) is 0.577. The van der Waals surface area contributed by atoms with E-state index in [1.54, 1.807) is 0 Å². The van der Waals surface area contributed by atoms with Gasteiger partial charge in [0, 0.05) is 0 Å². The molecule has 6 heavy (non-hydrogen) atoms. The van der Waals surface area contributed by atoms with E-state index in [1.807, 2.05) is 0 Å². The zero-order valence-corrected chi connectivity index (χ0v) is 5.13. The summed E-state index contributed by atoms with van der Waals surface area (Å²) in [7, 11) is 2.25. The van der Waals surface area contributed by atoms with Crippen molar-refractivity contribution < 1.29 is 12.4 Å². The van der Waals surface area contributed by atoms with Crippen LogP contribution in [0.15, 0.2) is 0 Å². The standard InChI is InChI=1S/C4H10B.ClH/c1-3-5-4-2;/h3-4H2,1-2H3;1H/q+1;/p-1. The van der Waals surface area contributed by atoms with Crippen LogP contribution in [0.25, 0.3) is 0 Å². The summed E-state index contributed by atoms with van der Waals surface area (Å²) in [6, 6.07) is 0. The summed E-state index contributed by atoms with van der Waals surface area (Å²) in [5.41, 5.74) is 0. The molecule has 0 aliphatic rings. The van der Waals surface area contributed by atoms with Gasteiger partial charge in [-0.25, -0.2) is 0 Å². The molecule has 36 valence electrons. The molecule has 0 aliphatic carbocycles. The quantitative estimate of drug-likeness (QED) is 0.377. The Bertz CT molecular complexity index is 15.0. The monoisotopic (exact) mass is 104 g/mol. The van der Waals surface area contributed by atoms with Crippen LogP contribution in [0.2, 0.25) is 12.6 Å². The minimum absolute atomic E-state index is 0. The van der Waals surface area contributed by atoms with Crippen LogP contribution in [0.3, 0.4) is 0 Å². The van der Waals surface area contributed by atoms with E-state index in [9.17, 15) is 0 Å². The fourth-order valence-corrected chi connectivity index (χ4v) is 0.289. The molecule has 0 saturated heterocycles. The molecule has 0 nitrogen and oxygen atoms in total. The SMILES string of the molecule is CC[B+]CC.[Cl-]. The number of hydrogen-bond acceptors (Lipinski definition) is 0. The molecule has 0 saturated carbocycles. The van der Waals surface area contributed by atoms with Crippen molar-refractivity contribution in [3.05, 3.63) is 0 Å². The summed E-state index contributed by atoms with van der Waals surface area (Å²) < 4.78 is 0. The molecule has 0 atom stereocenters. The van der Waals surface area contributed by atoms with Gasteiger partial charge in [-0.05, 0) is 0 Å². The second kappa shape index (κ2) is 9.02. The van der Waals surface area contributed by atoms with Crippen molar-refractivity contribution in [2.45, 2.75) is 26.5 Å². The molecular formula is C4H10BCl. The van der Waals surface area contributed by atoms with E-state index in [0.717, 1.165) is 0 Å². The molecule has 0 N–H and O–H groups in total.